The zero-order valence-corrected chi connectivity index (χ0v) is 15.9. The van der Waals surface area contributed by atoms with Crippen LogP contribution in [0.15, 0.2) is 18.2 Å². The summed E-state index contributed by atoms with van der Waals surface area (Å²) in [5.74, 6) is -0.759. The molecule has 0 radical (unpaired) electrons. The van der Waals surface area contributed by atoms with Gasteiger partial charge in [0.15, 0.2) is 0 Å². The molecule has 0 aromatic heterocycles. The summed E-state index contributed by atoms with van der Waals surface area (Å²) in [5, 5.41) is 2.34. The third kappa shape index (κ3) is 4.36. The Morgan fingerprint density at radius 2 is 2.07 bits per heavy atom. The number of imide groups is 1. The number of piperidine rings is 1. The molecule has 0 aliphatic carbocycles. The first-order chi connectivity index (χ1) is 13.0. The zero-order valence-electron chi connectivity index (χ0n) is 15.9. The fraction of sp³-hybridized carbons (Fsp3) is 0.550. The summed E-state index contributed by atoms with van der Waals surface area (Å²) in [7, 11) is 0. The monoisotopic (exact) mass is 372 g/mol. The van der Waals surface area contributed by atoms with Crippen molar-refractivity contribution in [1.29, 1.82) is 0 Å². The van der Waals surface area contributed by atoms with Crippen molar-refractivity contribution in [3.8, 4) is 0 Å². The van der Waals surface area contributed by atoms with Gasteiger partial charge >= 0.3 is 0 Å². The van der Waals surface area contributed by atoms with Crippen LogP contribution in [-0.2, 0) is 22.7 Å². The molecule has 2 aliphatic rings. The second-order valence-corrected chi connectivity index (χ2v) is 7.31. The van der Waals surface area contributed by atoms with E-state index in [0.717, 1.165) is 43.6 Å². The van der Waals surface area contributed by atoms with E-state index >= 15 is 0 Å². The van der Waals surface area contributed by atoms with Gasteiger partial charge in [0.2, 0.25) is 11.8 Å². The molecule has 1 unspecified atom stereocenters. The molecule has 1 atom stereocenters. The highest BCUT2D eigenvalue weighted by Gasteiger charge is 2.39. The molecule has 146 valence electrons. The van der Waals surface area contributed by atoms with E-state index in [1.54, 1.807) is 4.90 Å². The number of nitrogens with one attached hydrogen (secondary N) is 1. The van der Waals surface area contributed by atoms with Crippen molar-refractivity contribution < 1.29 is 14.4 Å². The van der Waals surface area contributed by atoms with Gasteiger partial charge in [0, 0.05) is 25.1 Å². The average Bonchev–Trinajstić information content (AvgIpc) is 2.96. The fourth-order valence-electron chi connectivity index (χ4n) is 3.86. The number of benzene rings is 1. The second kappa shape index (κ2) is 8.63. The number of hydrogen-bond acceptors (Lipinski definition) is 5. The highest BCUT2D eigenvalue weighted by Crippen LogP contribution is 2.28. The van der Waals surface area contributed by atoms with Crippen LogP contribution in [0.1, 0.15) is 54.1 Å². The molecule has 27 heavy (non-hydrogen) atoms. The van der Waals surface area contributed by atoms with Crippen molar-refractivity contribution in [2.24, 2.45) is 5.73 Å². The third-order valence-corrected chi connectivity index (χ3v) is 5.22. The van der Waals surface area contributed by atoms with E-state index in [0.29, 0.717) is 25.1 Å². The maximum absolute atomic E-state index is 12.9. The molecular formula is C20H28N4O3. The highest BCUT2D eigenvalue weighted by atomic mass is 16.2. The van der Waals surface area contributed by atoms with E-state index in [-0.39, 0.29) is 24.1 Å². The van der Waals surface area contributed by atoms with Crippen molar-refractivity contribution in [3.05, 3.63) is 34.9 Å². The Hall–Kier alpha value is -2.25. The van der Waals surface area contributed by atoms with Gasteiger partial charge in [-0.2, -0.15) is 0 Å². The number of carbonyl (C=O) groups is 3. The Bertz CT molecular complexity index is 734. The lowest BCUT2D eigenvalue weighted by molar-refractivity contribution is -0.136. The molecule has 7 heteroatoms. The van der Waals surface area contributed by atoms with Gasteiger partial charge in [0.05, 0.1) is 0 Å². The van der Waals surface area contributed by atoms with Gasteiger partial charge in [0.1, 0.15) is 6.04 Å². The van der Waals surface area contributed by atoms with Crippen LogP contribution in [0.25, 0.3) is 0 Å². The van der Waals surface area contributed by atoms with Crippen molar-refractivity contribution in [2.75, 3.05) is 19.6 Å². The van der Waals surface area contributed by atoms with Crippen LogP contribution < -0.4 is 11.1 Å². The normalized spacial score (nSPS) is 19.6. The predicted molar refractivity (Wildman–Crippen MR) is 102 cm³/mol. The minimum absolute atomic E-state index is 0.120. The number of nitrogens with zero attached hydrogens (tertiary/aromatic N) is 2. The van der Waals surface area contributed by atoms with Crippen molar-refractivity contribution in [3.63, 3.8) is 0 Å². The number of hydrogen-bond donors (Lipinski definition) is 2. The lowest BCUT2D eigenvalue weighted by Crippen LogP contribution is -2.52. The number of fused-ring (bicyclic) bond motifs is 1. The number of amides is 3. The van der Waals surface area contributed by atoms with Gasteiger partial charge in [-0.3, -0.25) is 24.6 Å². The topological polar surface area (TPSA) is 95.7 Å². The van der Waals surface area contributed by atoms with Crippen LogP contribution in [0, 0.1) is 0 Å². The lowest BCUT2D eigenvalue weighted by Gasteiger charge is -2.29. The summed E-state index contributed by atoms with van der Waals surface area (Å²) < 4.78 is 0. The zero-order chi connectivity index (χ0) is 19.4. The summed E-state index contributed by atoms with van der Waals surface area (Å²) in [5.41, 5.74) is 8.34. The molecule has 0 spiro atoms. The number of nitrogens with two attached hydrogens (primary N) is 1. The molecule has 0 bridgehead atoms. The van der Waals surface area contributed by atoms with Gasteiger partial charge in [-0.05, 0) is 56.1 Å². The maximum atomic E-state index is 12.9. The van der Waals surface area contributed by atoms with E-state index in [1.165, 1.54) is 0 Å². The smallest absolute Gasteiger partial charge is 0.255 e. The van der Waals surface area contributed by atoms with Crippen LogP contribution in [0.5, 0.6) is 0 Å². The minimum atomic E-state index is -0.563. The second-order valence-electron chi connectivity index (χ2n) is 7.31. The summed E-state index contributed by atoms with van der Waals surface area (Å²) >= 11 is 0. The van der Waals surface area contributed by atoms with E-state index < -0.39 is 6.04 Å². The summed E-state index contributed by atoms with van der Waals surface area (Å²) in [6.45, 7) is 5.97. The summed E-state index contributed by atoms with van der Waals surface area (Å²) in [6.07, 6.45) is 2.68. The van der Waals surface area contributed by atoms with Crippen LogP contribution in [-0.4, -0.2) is 53.2 Å². The van der Waals surface area contributed by atoms with Gasteiger partial charge in [0.25, 0.3) is 5.91 Å². The van der Waals surface area contributed by atoms with Crippen LogP contribution >= 0.6 is 0 Å². The Morgan fingerprint density at radius 1 is 1.26 bits per heavy atom. The van der Waals surface area contributed by atoms with Crippen LogP contribution in [0.2, 0.25) is 0 Å². The largest absolute Gasteiger partial charge is 0.330 e. The minimum Gasteiger partial charge on any atom is -0.330 e. The molecule has 1 aromatic rings. The summed E-state index contributed by atoms with van der Waals surface area (Å²) in [4.78, 5) is 40.3. The summed E-state index contributed by atoms with van der Waals surface area (Å²) in [6, 6.07) is 5.44. The SMILES string of the molecule is CCCN(CCCN)Cc1ccc2c(c1)C(=O)N(C1CCC(=O)NC1=O)C2. The Kier molecular flexibility index (Phi) is 6.23. The first kappa shape index (κ1) is 19.5. The molecule has 3 rings (SSSR count). The molecule has 2 aliphatic heterocycles. The first-order valence-corrected chi connectivity index (χ1v) is 9.72. The quantitative estimate of drug-likeness (QED) is 0.664. The van der Waals surface area contributed by atoms with Crippen LogP contribution in [0.4, 0.5) is 0 Å². The molecule has 2 heterocycles. The predicted octanol–water partition coefficient (Wildman–Crippen LogP) is 1.01. The molecular weight excluding hydrogens is 344 g/mol. The van der Waals surface area contributed by atoms with Crippen LogP contribution in [0.3, 0.4) is 0 Å². The molecule has 7 nitrogen and oxygen atoms in total. The Labute approximate surface area is 159 Å². The highest BCUT2D eigenvalue weighted by molar-refractivity contribution is 6.05. The number of carbonyl (C=O) groups excluding carboxylic acids is 3. The molecule has 1 fully saturated rings. The standard InChI is InChI=1S/C20H28N4O3/c1-2-9-23(10-3-8-21)12-14-4-5-15-13-24(20(27)16(15)11-14)17-6-7-18(25)22-19(17)26/h4-5,11,17H,2-3,6-10,12-13,21H2,1H3,(H,22,25,26). The Balaban J connectivity index is 1.72. The molecule has 1 aromatic carbocycles. The van der Waals surface area contributed by atoms with Crippen molar-refractivity contribution in [1.82, 2.24) is 15.1 Å². The van der Waals surface area contributed by atoms with Gasteiger partial charge in [-0.15, -0.1) is 0 Å². The van der Waals surface area contributed by atoms with Crippen molar-refractivity contribution in [2.45, 2.75) is 51.7 Å². The van der Waals surface area contributed by atoms with Gasteiger partial charge in [-0.25, -0.2) is 0 Å². The average molecular weight is 372 g/mol. The fourth-order valence-corrected chi connectivity index (χ4v) is 3.86. The maximum Gasteiger partial charge on any atom is 0.255 e. The Morgan fingerprint density at radius 3 is 2.78 bits per heavy atom. The molecule has 0 saturated carbocycles. The van der Waals surface area contributed by atoms with E-state index in [2.05, 4.69) is 23.2 Å². The van der Waals surface area contributed by atoms with E-state index in [1.807, 2.05) is 12.1 Å². The van der Waals surface area contributed by atoms with Gasteiger partial charge in [-0.1, -0.05) is 19.1 Å². The molecule has 3 N–H and O–H groups in total. The molecule has 1 saturated heterocycles. The number of rotatable bonds is 8. The van der Waals surface area contributed by atoms with Crippen molar-refractivity contribution >= 4 is 17.7 Å². The lowest BCUT2D eigenvalue weighted by atomic mass is 10.0. The molecule has 3 amide bonds. The van der Waals surface area contributed by atoms with E-state index in [9.17, 15) is 14.4 Å². The third-order valence-electron chi connectivity index (χ3n) is 5.22. The van der Waals surface area contributed by atoms with E-state index in [4.69, 9.17) is 5.73 Å². The van der Waals surface area contributed by atoms with Gasteiger partial charge < -0.3 is 10.6 Å². The first-order valence-electron chi connectivity index (χ1n) is 9.72.